The highest BCUT2D eigenvalue weighted by molar-refractivity contribution is 6.35. The van der Waals surface area contributed by atoms with Crippen LogP contribution in [0.2, 0.25) is 10.0 Å². The topological polar surface area (TPSA) is 55.4 Å². The highest BCUT2D eigenvalue weighted by atomic mass is 35.5. The Morgan fingerprint density at radius 2 is 1.67 bits per heavy atom. The summed E-state index contributed by atoms with van der Waals surface area (Å²) in [6.07, 6.45) is 2.96. The van der Waals surface area contributed by atoms with Crippen LogP contribution >= 0.6 is 23.2 Å². The summed E-state index contributed by atoms with van der Waals surface area (Å²) < 4.78 is 4.97. The summed E-state index contributed by atoms with van der Waals surface area (Å²) in [5.41, 5.74) is 1.32. The van der Waals surface area contributed by atoms with Gasteiger partial charge >= 0.3 is 5.97 Å². The van der Waals surface area contributed by atoms with E-state index in [1.54, 1.807) is 24.3 Å². The van der Waals surface area contributed by atoms with Gasteiger partial charge in [0.2, 0.25) is 0 Å². The van der Waals surface area contributed by atoms with Crippen LogP contribution in [0, 0.1) is 0 Å². The summed E-state index contributed by atoms with van der Waals surface area (Å²) in [6, 6.07) is 18.3. The van der Waals surface area contributed by atoms with Gasteiger partial charge in [0, 0.05) is 21.8 Å². The van der Waals surface area contributed by atoms with Gasteiger partial charge in [-0.25, -0.2) is 4.79 Å². The van der Waals surface area contributed by atoms with Crippen LogP contribution in [0.1, 0.15) is 5.56 Å². The molecule has 3 rings (SSSR count). The fourth-order valence-corrected chi connectivity index (χ4v) is 3.09. The number of rotatable bonds is 5. The molecular weight excluding hydrogens is 385 g/mol. The van der Waals surface area contributed by atoms with Crippen LogP contribution in [0.25, 0.3) is 16.8 Å². The maximum Gasteiger partial charge on any atom is 0.331 e. The molecule has 136 valence electrons. The van der Waals surface area contributed by atoms with Crippen LogP contribution < -0.4 is 5.32 Å². The maximum absolute atomic E-state index is 11.9. The molecule has 4 nitrogen and oxygen atoms in total. The van der Waals surface area contributed by atoms with Crippen molar-refractivity contribution in [3.8, 4) is 0 Å². The minimum atomic E-state index is -0.609. The van der Waals surface area contributed by atoms with E-state index < -0.39 is 18.5 Å². The Labute approximate surface area is 166 Å². The number of anilines is 1. The zero-order valence-electron chi connectivity index (χ0n) is 14.1. The number of carbonyl (C=O) groups excluding carboxylic acids is 2. The van der Waals surface area contributed by atoms with Crippen molar-refractivity contribution in [1.29, 1.82) is 0 Å². The number of fused-ring (bicyclic) bond motifs is 1. The molecule has 0 aromatic heterocycles. The molecule has 1 N–H and O–H groups in total. The molecular formula is C21H15Cl2NO3. The second-order valence-electron chi connectivity index (χ2n) is 5.72. The molecule has 0 aliphatic rings. The van der Waals surface area contributed by atoms with Gasteiger partial charge in [-0.05, 0) is 40.6 Å². The quantitative estimate of drug-likeness (QED) is 0.465. The molecule has 6 heteroatoms. The van der Waals surface area contributed by atoms with Gasteiger partial charge in [-0.3, -0.25) is 4.79 Å². The normalized spacial score (nSPS) is 10.9. The molecule has 0 spiro atoms. The molecule has 0 aliphatic carbocycles. The second-order valence-corrected chi connectivity index (χ2v) is 6.59. The predicted octanol–water partition coefficient (Wildman–Crippen LogP) is 5.34. The van der Waals surface area contributed by atoms with Crippen LogP contribution in [0.5, 0.6) is 0 Å². The summed E-state index contributed by atoms with van der Waals surface area (Å²) in [4.78, 5) is 23.8. The Morgan fingerprint density at radius 3 is 2.44 bits per heavy atom. The number of hydrogen-bond donors (Lipinski definition) is 1. The number of nitrogens with one attached hydrogen (secondary N) is 1. The lowest BCUT2D eigenvalue weighted by atomic mass is 10.0. The molecule has 0 atom stereocenters. The zero-order chi connectivity index (χ0) is 19.2. The summed E-state index contributed by atoms with van der Waals surface area (Å²) in [6.45, 7) is -0.414. The highest BCUT2D eigenvalue weighted by Crippen LogP contribution is 2.22. The zero-order valence-corrected chi connectivity index (χ0v) is 15.6. The van der Waals surface area contributed by atoms with Crippen LogP contribution in [-0.2, 0) is 14.3 Å². The Balaban J connectivity index is 1.57. The molecule has 1 amide bonds. The van der Waals surface area contributed by atoms with E-state index in [9.17, 15) is 9.59 Å². The summed E-state index contributed by atoms with van der Waals surface area (Å²) in [5.74, 6) is -1.09. The SMILES string of the molecule is O=C(COC(=O)/C=C/c1cccc2ccccc12)Nc1cc(Cl)cc(Cl)c1. The standard InChI is InChI=1S/C21H15Cl2NO3/c22-16-10-17(23)12-18(11-16)24-20(25)13-27-21(26)9-8-15-6-3-5-14-4-1-2-7-19(14)15/h1-12H,13H2,(H,24,25)/b9-8+. The largest absolute Gasteiger partial charge is 0.452 e. The lowest BCUT2D eigenvalue weighted by Gasteiger charge is -2.06. The minimum Gasteiger partial charge on any atom is -0.452 e. The first kappa shape index (κ1) is 19.0. The number of amides is 1. The van der Waals surface area contributed by atoms with E-state index in [1.165, 1.54) is 6.08 Å². The molecule has 3 aromatic carbocycles. The van der Waals surface area contributed by atoms with E-state index in [-0.39, 0.29) is 0 Å². The fourth-order valence-electron chi connectivity index (χ4n) is 2.56. The molecule has 0 saturated carbocycles. The van der Waals surface area contributed by atoms with Gasteiger partial charge in [0.05, 0.1) is 0 Å². The number of halogens is 2. The van der Waals surface area contributed by atoms with E-state index in [0.29, 0.717) is 15.7 Å². The van der Waals surface area contributed by atoms with Crippen LogP contribution in [0.3, 0.4) is 0 Å². The number of hydrogen-bond acceptors (Lipinski definition) is 3. The van der Waals surface area contributed by atoms with Crippen molar-refractivity contribution in [1.82, 2.24) is 0 Å². The van der Waals surface area contributed by atoms with Crippen molar-refractivity contribution in [3.05, 3.63) is 82.3 Å². The van der Waals surface area contributed by atoms with Crippen molar-refractivity contribution in [2.45, 2.75) is 0 Å². The van der Waals surface area contributed by atoms with Crippen molar-refractivity contribution in [2.24, 2.45) is 0 Å². The van der Waals surface area contributed by atoms with Gasteiger partial charge in [0.15, 0.2) is 6.61 Å². The van der Waals surface area contributed by atoms with E-state index in [1.807, 2.05) is 42.5 Å². The number of benzene rings is 3. The molecule has 0 unspecified atom stereocenters. The molecule has 0 heterocycles. The predicted molar refractivity (Wildman–Crippen MR) is 109 cm³/mol. The average molecular weight is 400 g/mol. The Morgan fingerprint density at radius 1 is 0.963 bits per heavy atom. The van der Waals surface area contributed by atoms with Crippen molar-refractivity contribution in [2.75, 3.05) is 11.9 Å². The molecule has 0 saturated heterocycles. The molecule has 0 radical (unpaired) electrons. The van der Waals surface area contributed by atoms with Gasteiger partial charge in [0.25, 0.3) is 5.91 Å². The first-order chi connectivity index (χ1) is 13.0. The maximum atomic E-state index is 11.9. The van der Waals surface area contributed by atoms with Gasteiger partial charge in [0.1, 0.15) is 0 Å². The second kappa shape index (κ2) is 8.71. The lowest BCUT2D eigenvalue weighted by molar-refractivity contribution is -0.142. The van der Waals surface area contributed by atoms with Gasteiger partial charge < -0.3 is 10.1 Å². The third kappa shape index (κ3) is 5.33. The Bertz CT molecular complexity index is 1010. The smallest absolute Gasteiger partial charge is 0.331 e. The molecule has 0 fully saturated rings. The number of carbonyl (C=O) groups is 2. The third-order valence-corrected chi connectivity index (χ3v) is 4.15. The van der Waals surface area contributed by atoms with Gasteiger partial charge in [-0.15, -0.1) is 0 Å². The number of ether oxygens (including phenoxy) is 1. The third-order valence-electron chi connectivity index (χ3n) is 3.71. The first-order valence-electron chi connectivity index (χ1n) is 8.10. The highest BCUT2D eigenvalue weighted by Gasteiger charge is 2.07. The summed E-state index contributed by atoms with van der Waals surface area (Å²) >= 11 is 11.7. The van der Waals surface area contributed by atoms with E-state index in [2.05, 4.69) is 5.32 Å². The minimum absolute atomic E-state index is 0.396. The molecule has 3 aromatic rings. The van der Waals surface area contributed by atoms with E-state index >= 15 is 0 Å². The Kier molecular flexibility index (Phi) is 6.12. The molecule has 27 heavy (non-hydrogen) atoms. The monoisotopic (exact) mass is 399 g/mol. The van der Waals surface area contributed by atoms with E-state index in [4.69, 9.17) is 27.9 Å². The fraction of sp³-hybridized carbons (Fsp3) is 0.0476. The lowest BCUT2D eigenvalue weighted by Crippen LogP contribution is -2.20. The van der Waals surface area contributed by atoms with E-state index in [0.717, 1.165) is 16.3 Å². The average Bonchev–Trinajstić information content (AvgIpc) is 2.64. The first-order valence-corrected chi connectivity index (χ1v) is 8.85. The molecule has 0 aliphatic heterocycles. The number of esters is 1. The van der Waals surface area contributed by atoms with Crippen LogP contribution in [0.4, 0.5) is 5.69 Å². The van der Waals surface area contributed by atoms with Gasteiger partial charge in [-0.1, -0.05) is 65.7 Å². The van der Waals surface area contributed by atoms with Crippen molar-refractivity contribution < 1.29 is 14.3 Å². The van der Waals surface area contributed by atoms with Crippen molar-refractivity contribution in [3.63, 3.8) is 0 Å². The van der Waals surface area contributed by atoms with Crippen molar-refractivity contribution >= 4 is 57.6 Å². The molecule has 0 bridgehead atoms. The van der Waals surface area contributed by atoms with Gasteiger partial charge in [-0.2, -0.15) is 0 Å². The van der Waals surface area contributed by atoms with Crippen LogP contribution in [-0.4, -0.2) is 18.5 Å². The summed E-state index contributed by atoms with van der Waals surface area (Å²) in [5, 5.41) is 5.46. The van der Waals surface area contributed by atoms with Crippen LogP contribution in [0.15, 0.2) is 66.7 Å². The summed E-state index contributed by atoms with van der Waals surface area (Å²) in [7, 11) is 0. The Hall–Kier alpha value is -2.82.